The van der Waals surface area contributed by atoms with Crippen LogP contribution in [-0.2, 0) is 0 Å². The highest BCUT2D eigenvalue weighted by atomic mass is 16.3. The molecule has 0 heterocycles. The third-order valence-corrected chi connectivity index (χ3v) is 2.78. The lowest BCUT2D eigenvalue weighted by molar-refractivity contribution is 0.0925. The summed E-state index contributed by atoms with van der Waals surface area (Å²) in [6.07, 6.45) is 0.569. The van der Waals surface area contributed by atoms with Crippen molar-refractivity contribution in [1.82, 2.24) is 5.32 Å². The Morgan fingerprint density at radius 2 is 2.00 bits per heavy atom. The van der Waals surface area contributed by atoms with Crippen LogP contribution in [0.2, 0.25) is 0 Å². The smallest absolute Gasteiger partial charge is 0.255 e. The summed E-state index contributed by atoms with van der Waals surface area (Å²) in [6, 6.07) is 4.23. The van der Waals surface area contributed by atoms with Crippen LogP contribution in [0.5, 0.6) is 11.5 Å². The zero-order valence-corrected chi connectivity index (χ0v) is 10.6. The highest BCUT2D eigenvalue weighted by molar-refractivity contribution is 5.97. The molecule has 0 atom stereocenters. The number of rotatable bonds is 5. The molecule has 0 bridgehead atoms. The maximum Gasteiger partial charge on any atom is 0.255 e. The molecule has 1 amide bonds. The topological polar surface area (TPSA) is 89.8 Å². The summed E-state index contributed by atoms with van der Waals surface area (Å²) in [5.41, 5.74) is -0.188. The summed E-state index contributed by atoms with van der Waals surface area (Å²) in [5, 5.41) is 30.4. The summed E-state index contributed by atoms with van der Waals surface area (Å²) >= 11 is 0. The van der Waals surface area contributed by atoms with Crippen LogP contribution in [0.4, 0.5) is 0 Å². The zero-order valence-electron chi connectivity index (χ0n) is 10.6. The first kappa shape index (κ1) is 14.3. The van der Waals surface area contributed by atoms with E-state index in [1.165, 1.54) is 18.2 Å². The third kappa shape index (κ3) is 3.63. The van der Waals surface area contributed by atoms with Crippen LogP contribution in [0.3, 0.4) is 0 Å². The standard InChI is InChI=1S/C13H19NO4/c1-13(2,6-7-15)8-14-12(18)9-4-3-5-10(16)11(9)17/h3-5,15-17H,6-8H2,1-2H3,(H,14,18). The Labute approximate surface area is 106 Å². The first-order chi connectivity index (χ1) is 8.37. The molecule has 1 aromatic rings. The minimum atomic E-state index is -0.450. The number of nitrogens with one attached hydrogen (secondary N) is 1. The minimum Gasteiger partial charge on any atom is -0.504 e. The quantitative estimate of drug-likeness (QED) is 0.594. The Kier molecular flexibility index (Phi) is 4.55. The Hall–Kier alpha value is -1.75. The Balaban J connectivity index is 2.69. The molecule has 0 radical (unpaired) electrons. The molecule has 0 aliphatic heterocycles. The first-order valence-corrected chi connectivity index (χ1v) is 5.77. The number of carbonyl (C=O) groups is 1. The van der Waals surface area contributed by atoms with Crippen molar-refractivity contribution in [2.45, 2.75) is 20.3 Å². The predicted octanol–water partition coefficient (Wildman–Crippen LogP) is 1.24. The summed E-state index contributed by atoms with van der Waals surface area (Å²) in [4.78, 5) is 11.8. The van der Waals surface area contributed by atoms with Crippen molar-refractivity contribution < 1.29 is 20.1 Å². The number of aromatic hydroxyl groups is 2. The van der Waals surface area contributed by atoms with Gasteiger partial charge in [-0.25, -0.2) is 0 Å². The number of amides is 1. The normalized spacial score (nSPS) is 11.3. The maximum atomic E-state index is 11.8. The average molecular weight is 253 g/mol. The fourth-order valence-corrected chi connectivity index (χ4v) is 1.52. The number of aliphatic hydroxyl groups is 1. The number of phenols is 2. The number of benzene rings is 1. The Bertz CT molecular complexity index is 429. The third-order valence-electron chi connectivity index (χ3n) is 2.78. The summed E-state index contributed by atoms with van der Waals surface area (Å²) in [5.74, 6) is -1.19. The van der Waals surface area contributed by atoms with E-state index in [2.05, 4.69) is 5.32 Å². The van der Waals surface area contributed by atoms with Gasteiger partial charge < -0.3 is 20.6 Å². The van der Waals surface area contributed by atoms with Crippen LogP contribution < -0.4 is 5.32 Å². The van der Waals surface area contributed by atoms with E-state index < -0.39 is 11.7 Å². The fraction of sp³-hybridized carbons (Fsp3) is 0.462. The number of hydrogen-bond donors (Lipinski definition) is 4. The average Bonchev–Trinajstić information content (AvgIpc) is 2.30. The van der Waals surface area contributed by atoms with Gasteiger partial charge >= 0.3 is 0 Å². The molecule has 0 spiro atoms. The van der Waals surface area contributed by atoms with Crippen LogP contribution in [0, 0.1) is 5.41 Å². The highest BCUT2D eigenvalue weighted by Crippen LogP contribution is 2.28. The molecule has 5 nitrogen and oxygen atoms in total. The number of phenolic OH excluding ortho intramolecular Hbond substituents is 2. The molecule has 0 unspecified atom stereocenters. The number of para-hydroxylation sites is 1. The van der Waals surface area contributed by atoms with Crippen LogP contribution >= 0.6 is 0 Å². The second-order valence-electron chi connectivity index (χ2n) is 4.99. The lowest BCUT2D eigenvalue weighted by Crippen LogP contribution is -2.34. The molecule has 0 fully saturated rings. The Morgan fingerprint density at radius 1 is 1.33 bits per heavy atom. The molecule has 0 aromatic heterocycles. The lowest BCUT2D eigenvalue weighted by Gasteiger charge is -2.23. The monoisotopic (exact) mass is 253 g/mol. The van der Waals surface area contributed by atoms with Crippen LogP contribution in [-0.4, -0.2) is 34.4 Å². The van der Waals surface area contributed by atoms with E-state index in [0.29, 0.717) is 13.0 Å². The van der Waals surface area contributed by atoms with Gasteiger partial charge in [0.25, 0.3) is 5.91 Å². The van der Waals surface area contributed by atoms with Crippen molar-refractivity contribution >= 4 is 5.91 Å². The van der Waals surface area contributed by atoms with Crippen molar-refractivity contribution in [2.24, 2.45) is 5.41 Å². The molecule has 0 saturated carbocycles. The second kappa shape index (κ2) is 5.73. The SMILES string of the molecule is CC(C)(CCO)CNC(=O)c1cccc(O)c1O. The van der Waals surface area contributed by atoms with E-state index in [-0.39, 0.29) is 23.3 Å². The summed E-state index contributed by atoms with van der Waals surface area (Å²) in [7, 11) is 0. The fourth-order valence-electron chi connectivity index (χ4n) is 1.52. The van der Waals surface area contributed by atoms with Crippen LogP contribution in [0.15, 0.2) is 18.2 Å². The molecule has 4 N–H and O–H groups in total. The Morgan fingerprint density at radius 3 is 2.61 bits per heavy atom. The van der Waals surface area contributed by atoms with E-state index in [9.17, 15) is 15.0 Å². The number of aliphatic hydroxyl groups excluding tert-OH is 1. The highest BCUT2D eigenvalue weighted by Gasteiger charge is 2.20. The van der Waals surface area contributed by atoms with Gasteiger partial charge in [0.1, 0.15) is 0 Å². The van der Waals surface area contributed by atoms with Crippen molar-refractivity contribution in [3.63, 3.8) is 0 Å². The van der Waals surface area contributed by atoms with E-state index >= 15 is 0 Å². The molecule has 0 aliphatic carbocycles. The van der Waals surface area contributed by atoms with E-state index in [1.807, 2.05) is 13.8 Å². The van der Waals surface area contributed by atoms with Crippen molar-refractivity contribution in [3.05, 3.63) is 23.8 Å². The van der Waals surface area contributed by atoms with Gasteiger partial charge in [-0.15, -0.1) is 0 Å². The van der Waals surface area contributed by atoms with Gasteiger partial charge in [-0.2, -0.15) is 0 Å². The van der Waals surface area contributed by atoms with Crippen molar-refractivity contribution in [1.29, 1.82) is 0 Å². The molecule has 1 rings (SSSR count). The van der Waals surface area contributed by atoms with Gasteiger partial charge in [0.15, 0.2) is 11.5 Å². The van der Waals surface area contributed by atoms with Gasteiger partial charge in [-0.3, -0.25) is 4.79 Å². The molecule has 100 valence electrons. The van der Waals surface area contributed by atoms with Gasteiger partial charge in [-0.05, 0) is 24.0 Å². The molecule has 18 heavy (non-hydrogen) atoms. The van der Waals surface area contributed by atoms with Crippen LogP contribution in [0.25, 0.3) is 0 Å². The van der Waals surface area contributed by atoms with Gasteiger partial charge in [-0.1, -0.05) is 19.9 Å². The van der Waals surface area contributed by atoms with E-state index in [1.54, 1.807) is 0 Å². The van der Waals surface area contributed by atoms with Crippen molar-refractivity contribution in [3.8, 4) is 11.5 Å². The first-order valence-electron chi connectivity index (χ1n) is 5.77. The number of carbonyl (C=O) groups excluding carboxylic acids is 1. The molecule has 0 saturated heterocycles. The molecular formula is C13H19NO4. The molecule has 5 heteroatoms. The van der Waals surface area contributed by atoms with Gasteiger partial charge in [0.05, 0.1) is 5.56 Å². The second-order valence-corrected chi connectivity index (χ2v) is 4.99. The van der Waals surface area contributed by atoms with E-state index in [0.717, 1.165) is 0 Å². The molecule has 1 aromatic carbocycles. The molecule has 0 aliphatic rings. The lowest BCUT2D eigenvalue weighted by atomic mass is 9.89. The summed E-state index contributed by atoms with van der Waals surface area (Å²) in [6.45, 7) is 4.28. The minimum absolute atomic E-state index is 0.0369. The van der Waals surface area contributed by atoms with Crippen molar-refractivity contribution in [2.75, 3.05) is 13.2 Å². The van der Waals surface area contributed by atoms with Gasteiger partial charge in [0.2, 0.25) is 0 Å². The largest absolute Gasteiger partial charge is 0.504 e. The molecular weight excluding hydrogens is 234 g/mol. The van der Waals surface area contributed by atoms with E-state index in [4.69, 9.17) is 5.11 Å². The number of hydrogen-bond acceptors (Lipinski definition) is 4. The maximum absolute atomic E-state index is 11.8. The van der Waals surface area contributed by atoms with Crippen LogP contribution in [0.1, 0.15) is 30.6 Å². The zero-order chi connectivity index (χ0) is 13.8. The summed E-state index contributed by atoms with van der Waals surface area (Å²) < 4.78 is 0. The van der Waals surface area contributed by atoms with Gasteiger partial charge in [0, 0.05) is 13.2 Å². The predicted molar refractivity (Wildman–Crippen MR) is 67.6 cm³/mol.